The van der Waals surface area contributed by atoms with Gasteiger partial charge in [-0.15, -0.1) is 0 Å². The zero-order valence-corrected chi connectivity index (χ0v) is 11.5. The highest BCUT2D eigenvalue weighted by Gasteiger charge is 2.16. The molecule has 1 aliphatic rings. The smallest absolute Gasteiger partial charge is 0.255 e. The molecule has 6 heteroatoms. The van der Waals surface area contributed by atoms with Crippen LogP contribution in [0.5, 0.6) is 0 Å². The first kappa shape index (κ1) is 12.7. The first-order valence-corrected chi connectivity index (χ1v) is 6.69. The van der Waals surface area contributed by atoms with Crippen LogP contribution in [0.25, 0.3) is 11.4 Å². The standard InChI is InChI=1S/C13H11Cl2N3O/c14-9-2-1-7(5-10(9)15)12-17-11-3-4-16-6-8(11)13(19)18-12/h1-2,5,16H,3-4,6H2,(H,17,18,19). The summed E-state index contributed by atoms with van der Waals surface area (Å²) < 4.78 is 0. The molecule has 0 unspecified atom stereocenters. The van der Waals surface area contributed by atoms with Crippen molar-refractivity contribution in [1.82, 2.24) is 15.3 Å². The van der Waals surface area contributed by atoms with Crippen molar-refractivity contribution in [3.63, 3.8) is 0 Å². The van der Waals surface area contributed by atoms with E-state index in [-0.39, 0.29) is 5.56 Å². The zero-order valence-electron chi connectivity index (χ0n) is 9.96. The van der Waals surface area contributed by atoms with Gasteiger partial charge in [0.25, 0.3) is 5.56 Å². The molecule has 4 nitrogen and oxygen atoms in total. The van der Waals surface area contributed by atoms with Gasteiger partial charge in [-0.25, -0.2) is 4.98 Å². The van der Waals surface area contributed by atoms with E-state index in [4.69, 9.17) is 23.2 Å². The fourth-order valence-corrected chi connectivity index (χ4v) is 2.43. The van der Waals surface area contributed by atoms with Crippen molar-refractivity contribution >= 4 is 23.2 Å². The monoisotopic (exact) mass is 295 g/mol. The lowest BCUT2D eigenvalue weighted by atomic mass is 10.1. The Labute approximate surface area is 119 Å². The summed E-state index contributed by atoms with van der Waals surface area (Å²) in [6.45, 7) is 1.41. The Morgan fingerprint density at radius 3 is 2.84 bits per heavy atom. The van der Waals surface area contributed by atoms with Crippen molar-refractivity contribution in [2.45, 2.75) is 13.0 Å². The van der Waals surface area contributed by atoms with Crippen LogP contribution in [0.1, 0.15) is 11.3 Å². The van der Waals surface area contributed by atoms with E-state index in [0.717, 1.165) is 29.8 Å². The van der Waals surface area contributed by atoms with Gasteiger partial charge in [0.15, 0.2) is 0 Å². The number of aromatic nitrogens is 2. The van der Waals surface area contributed by atoms with Crippen LogP contribution < -0.4 is 10.9 Å². The van der Waals surface area contributed by atoms with Crippen LogP contribution in [0.4, 0.5) is 0 Å². The number of fused-ring (bicyclic) bond motifs is 1. The number of hydrogen-bond donors (Lipinski definition) is 2. The summed E-state index contributed by atoms with van der Waals surface area (Å²) in [7, 11) is 0. The van der Waals surface area contributed by atoms with Crippen molar-refractivity contribution in [3.8, 4) is 11.4 Å². The van der Waals surface area contributed by atoms with E-state index in [1.165, 1.54) is 0 Å². The lowest BCUT2D eigenvalue weighted by Gasteiger charge is -2.16. The average molecular weight is 296 g/mol. The highest BCUT2D eigenvalue weighted by Crippen LogP contribution is 2.26. The summed E-state index contributed by atoms with van der Waals surface area (Å²) in [5.41, 5.74) is 2.23. The van der Waals surface area contributed by atoms with E-state index in [1.54, 1.807) is 18.2 Å². The molecule has 0 saturated heterocycles. The third-order valence-electron chi connectivity index (χ3n) is 3.13. The summed E-state index contributed by atoms with van der Waals surface area (Å²) in [4.78, 5) is 19.3. The van der Waals surface area contributed by atoms with E-state index in [9.17, 15) is 4.79 Å². The minimum Gasteiger partial charge on any atom is -0.312 e. The van der Waals surface area contributed by atoms with Gasteiger partial charge in [-0.2, -0.15) is 0 Å². The summed E-state index contributed by atoms with van der Waals surface area (Å²) in [5, 5.41) is 4.09. The number of rotatable bonds is 1. The molecule has 2 aromatic rings. The average Bonchev–Trinajstić information content (AvgIpc) is 2.42. The number of benzene rings is 1. The zero-order chi connectivity index (χ0) is 13.4. The van der Waals surface area contributed by atoms with Crippen molar-refractivity contribution in [2.75, 3.05) is 6.54 Å². The first-order chi connectivity index (χ1) is 9.15. The van der Waals surface area contributed by atoms with Gasteiger partial charge < -0.3 is 10.3 Å². The first-order valence-electron chi connectivity index (χ1n) is 5.93. The van der Waals surface area contributed by atoms with E-state index in [1.807, 2.05) is 0 Å². The number of nitrogens with zero attached hydrogens (tertiary/aromatic N) is 1. The molecule has 3 rings (SSSR count). The molecule has 0 spiro atoms. The second-order valence-corrected chi connectivity index (χ2v) is 5.21. The number of nitrogens with one attached hydrogen (secondary N) is 2. The van der Waals surface area contributed by atoms with Crippen LogP contribution >= 0.6 is 23.2 Å². The third-order valence-corrected chi connectivity index (χ3v) is 3.87. The van der Waals surface area contributed by atoms with Gasteiger partial charge in [-0.05, 0) is 18.2 Å². The maximum absolute atomic E-state index is 12.0. The second-order valence-electron chi connectivity index (χ2n) is 4.40. The summed E-state index contributed by atoms with van der Waals surface area (Å²) in [5.74, 6) is 0.532. The summed E-state index contributed by atoms with van der Waals surface area (Å²) in [6.07, 6.45) is 0.758. The maximum atomic E-state index is 12.0. The normalized spacial score (nSPS) is 14.2. The van der Waals surface area contributed by atoms with Gasteiger partial charge in [0.05, 0.1) is 21.3 Å². The van der Waals surface area contributed by atoms with Crippen molar-refractivity contribution in [2.24, 2.45) is 0 Å². The quantitative estimate of drug-likeness (QED) is 0.849. The molecule has 0 aliphatic carbocycles. The molecule has 0 fully saturated rings. The molecule has 0 atom stereocenters. The second kappa shape index (κ2) is 4.96. The Morgan fingerprint density at radius 1 is 1.21 bits per heavy atom. The Balaban J connectivity index is 2.12. The van der Waals surface area contributed by atoms with Crippen LogP contribution in [-0.4, -0.2) is 16.5 Å². The molecular formula is C13H11Cl2N3O. The molecular weight excluding hydrogens is 285 g/mol. The summed E-state index contributed by atoms with van der Waals surface area (Å²) in [6, 6.07) is 5.19. The lowest BCUT2D eigenvalue weighted by Crippen LogP contribution is -2.31. The maximum Gasteiger partial charge on any atom is 0.255 e. The predicted molar refractivity (Wildman–Crippen MR) is 75.7 cm³/mol. The van der Waals surface area contributed by atoms with Crippen LogP contribution in [0.3, 0.4) is 0 Å². The van der Waals surface area contributed by atoms with Gasteiger partial charge in [0.1, 0.15) is 5.82 Å². The number of H-pyrrole nitrogens is 1. The molecule has 0 radical (unpaired) electrons. The Morgan fingerprint density at radius 2 is 2.05 bits per heavy atom. The molecule has 19 heavy (non-hydrogen) atoms. The Kier molecular flexibility index (Phi) is 3.31. The summed E-state index contributed by atoms with van der Waals surface area (Å²) >= 11 is 11.9. The number of hydrogen-bond acceptors (Lipinski definition) is 3. The van der Waals surface area contributed by atoms with Gasteiger partial charge in [0.2, 0.25) is 0 Å². The number of aromatic amines is 1. The van der Waals surface area contributed by atoms with E-state index < -0.39 is 0 Å². The van der Waals surface area contributed by atoms with Gasteiger partial charge >= 0.3 is 0 Å². The highest BCUT2D eigenvalue weighted by molar-refractivity contribution is 6.42. The molecule has 1 aromatic carbocycles. The molecule has 2 N–H and O–H groups in total. The minimum absolute atomic E-state index is 0.0988. The molecule has 0 amide bonds. The molecule has 1 aliphatic heterocycles. The Hall–Kier alpha value is -1.36. The molecule has 1 aromatic heterocycles. The van der Waals surface area contributed by atoms with Crippen molar-refractivity contribution in [1.29, 1.82) is 0 Å². The van der Waals surface area contributed by atoms with Gasteiger partial charge in [-0.3, -0.25) is 4.79 Å². The van der Waals surface area contributed by atoms with Crippen LogP contribution in [0.2, 0.25) is 10.0 Å². The van der Waals surface area contributed by atoms with E-state index in [0.29, 0.717) is 22.4 Å². The van der Waals surface area contributed by atoms with E-state index in [2.05, 4.69) is 15.3 Å². The van der Waals surface area contributed by atoms with Gasteiger partial charge in [0, 0.05) is 25.1 Å². The number of halogens is 2. The molecule has 2 heterocycles. The Bertz CT molecular complexity index is 697. The predicted octanol–water partition coefficient (Wildman–Crippen LogP) is 2.39. The highest BCUT2D eigenvalue weighted by atomic mass is 35.5. The van der Waals surface area contributed by atoms with Crippen LogP contribution in [0.15, 0.2) is 23.0 Å². The van der Waals surface area contributed by atoms with Crippen LogP contribution in [0, 0.1) is 0 Å². The third kappa shape index (κ3) is 2.39. The van der Waals surface area contributed by atoms with Crippen molar-refractivity contribution < 1.29 is 0 Å². The fourth-order valence-electron chi connectivity index (χ4n) is 2.13. The van der Waals surface area contributed by atoms with Crippen molar-refractivity contribution in [3.05, 3.63) is 49.9 Å². The SMILES string of the molecule is O=c1[nH]c(-c2ccc(Cl)c(Cl)c2)nc2c1CNCC2. The topological polar surface area (TPSA) is 57.8 Å². The molecule has 0 bridgehead atoms. The van der Waals surface area contributed by atoms with E-state index >= 15 is 0 Å². The molecule has 98 valence electrons. The largest absolute Gasteiger partial charge is 0.312 e. The lowest BCUT2D eigenvalue weighted by molar-refractivity contribution is 0.621. The van der Waals surface area contributed by atoms with Crippen LogP contribution in [-0.2, 0) is 13.0 Å². The minimum atomic E-state index is -0.0988. The van der Waals surface area contributed by atoms with Gasteiger partial charge in [-0.1, -0.05) is 23.2 Å². The molecule has 0 saturated carbocycles. The fraction of sp³-hybridized carbons (Fsp3) is 0.231.